The number of carbonyl (C=O) groups is 2. The molecule has 1 aromatic carbocycles. The Labute approximate surface area is 117 Å². The lowest BCUT2D eigenvalue weighted by Gasteiger charge is -2.08. The van der Waals surface area contributed by atoms with Crippen LogP contribution in [0.1, 0.15) is 20.7 Å². The lowest BCUT2D eigenvalue weighted by molar-refractivity contribution is 0.0992. The zero-order chi connectivity index (χ0) is 15.6. The largest absolute Gasteiger partial charge is 0.506 e. The van der Waals surface area contributed by atoms with Gasteiger partial charge in [-0.1, -0.05) is 0 Å². The quantitative estimate of drug-likeness (QED) is 0.795. The van der Waals surface area contributed by atoms with Crippen molar-refractivity contribution in [3.63, 3.8) is 0 Å². The summed E-state index contributed by atoms with van der Waals surface area (Å²) < 4.78 is 26.9. The standard InChI is InChI=1S/C13H9F2N3O3/c14-9-3-10(15)11(2-8(9)12(16)20)18-13(21)6-1-7(19)5-17-4-6/h1-5,19H,(H2,16,20)(H,18,21). The maximum Gasteiger partial charge on any atom is 0.257 e. The maximum absolute atomic E-state index is 13.6. The molecule has 0 radical (unpaired) electrons. The smallest absolute Gasteiger partial charge is 0.257 e. The van der Waals surface area contributed by atoms with Crippen LogP contribution in [0.2, 0.25) is 0 Å². The van der Waals surface area contributed by atoms with Crippen LogP contribution in [-0.4, -0.2) is 21.9 Å². The normalized spacial score (nSPS) is 10.2. The number of aromatic nitrogens is 1. The summed E-state index contributed by atoms with van der Waals surface area (Å²) in [7, 11) is 0. The molecule has 0 bridgehead atoms. The molecule has 0 atom stereocenters. The van der Waals surface area contributed by atoms with Crippen molar-refractivity contribution in [1.29, 1.82) is 0 Å². The fraction of sp³-hybridized carbons (Fsp3) is 0. The zero-order valence-electron chi connectivity index (χ0n) is 10.4. The van der Waals surface area contributed by atoms with E-state index in [9.17, 15) is 23.5 Å². The minimum Gasteiger partial charge on any atom is -0.506 e. The van der Waals surface area contributed by atoms with Gasteiger partial charge in [-0.25, -0.2) is 8.78 Å². The number of primary amides is 1. The molecule has 0 spiro atoms. The van der Waals surface area contributed by atoms with Gasteiger partial charge in [-0.3, -0.25) is 14.6 Å². The van der Waals surface area contributed by atoms with Crippen LogP contribution in [0.4, 0.5) is 14.5 Å². The second kappa shape index (κ2) is 5.53. The fourth-order valence-corrected chi connectivity index (χ4v) is 1.58. The van der Waals surface area contributed by atoms with Gasteiger partial charge in [-0.2, -0.15) is 0 Å². The average Bonchev–Trinajstić information content (AvgIpc) is 2.41. The number of anilines is 1. The first-order chi connectivity index (χ1) is 9.88. The number of nitrogens with one attached hydrogen (secondary N) is 1. The molecule has 1 aromatic heterocycles. The molecular formula is C13H9F2N3O3. The molecule has 2 rings (SSSR count). The van der Waals surface area contributed by atoms with E-state index < -0.39 is 34.7 Å². The van der Waals surface area contributed by atoms with Gasteiger partial charge >= 0.3 is 0 Å². The van der Waals surface area contributed by atoms with E-state index in [1.54, 1.807) is 0 Å². The highest BCUT2D eigenvalue weighted by atomic mass is 19.1. The SMILES string of the molecule is NC(=O)c1cc(NC(=O)c2cncc(O)c2)c(F)cc1F. The molecule has 4 N–H and O–H groups in total. The summed E-state index contributed by atoms with van der Waals surface area (Å²) >= 11 is 0. The molecule has 0 saturated carbocycles. The molecule has 0 aliphatic heterocycles. The van der Waals surface area contributed by atoms with Gasteiger partial charge in [-0.05, 0) is 12.1 Å². The summed E-state index contributed by atoms with van der Waals surface area (Å²) in [6.45, 7) is 0. The van der Waals surface area contributed by atoms with Crippen molar-refractivity contribution < 1.29 is 23.5 Å². The molecule has 0 aliphatic rings. The molecule has 0 unspecified atom stereocenters. The van der Waals surface area contributed by atoms with Crippen LogP contribution < -0.4 is 11.1 Å². The van der Waals surface area contributed by atoms with Crippen LogP contribution in [0.5, 0.6) is 5.75 Å². The Morgan fingerprint density at radius 1 is 1.14 bits per heavy atom. The lowest BCUT2D eigenvalue weighted by Crippen LogP contribution is -2.17. The van der Waals surface area contributed by atoms with Crippen LogP contribution in [0.3, 0.4) is 0 Å². The summed E-state index contributed by atoms with van der Waals surface area (Å²) in [5.74, 6) is -4.34. The third-order valence-electron chi connectivity index (χ3n) is 2.56. The number of nitrogens with two attached hydrogens (primary N) is 1. The van der Waals surface area contributed by atoms with Gasteiger partial charge < -0.3 is 16.2 Å². The Balaban J connectivity index is 2.33. The van der Waals surface area contributed by atoms with Crippen LogP contribution >= 0.6 is 0 Å². The molecule has 1 heterocycles. The summed E-state index contributed by atoms with van der Waals surface area (Å²) in [5, 5.41) is 11.3. The van der Waals surface area contributed by atoms with Gasteiger partial charge in [0, 0.05) is 12.3 Å². The first kappa shape index (κ1) is 14.4. The molecule has 0 aliphatic carbocycles. The first-order valence-corrected chi connectivity index (χ1v) is 5.62. The van der Waals surface area contributed by atoms with Gasteiger partial charge in [0.2, 0.25) is 0 Å². The summed E-state index contributed by atoms with van der Waals surface area (Å²) in [5.41, 5.74) is 3.92. The Hall–Kier alpha value is -3.03. The Morgan fingerprint density at radius 2 is 1.86 bits per heavy atom. The lowest BCUT2D eigenvalue weighted by atomic mass is 10.1. The molecule has 2 aromatic rings. The summed E-state index contributed by atoms with van der Waals surface area (Å²) in [6, 6.07) is 2.34. The number of rotatable bonds is 3. The minimum absolute atomic E-state index is 0.0423. The third kappa shape index (κ3) is 3.11. The van der Waals surface area contributed by atoms with Gasteiger partial charge in [0.1, 0.15) is 17.4 Å². The highest BCUT2D eigenvalue weighted by Crippen LogP contribution is 2.20. The van der Waals surface area contributed by atoms with E-state index in [1.807, 2.05) is 0 Å². The number of aromatic hydroxyl groups is 1. The summed E-state index contributed by atoms with van der Waals surface area (Å²) in [6.07, 6.45) is 2.26. The Kier molecular flexibility index (Phi) is 3.79. The number of halogens is 2. The molecule has 6 nitrogen and oxygen atoms in total. The first-order valence-electron chi connectivity index (χ1n) is 5.62. The number of hydrogen-bond acceptors (Lipinski definition) is 4. The number of pyridine rings is 1. The fourth-order valence-electron chi connectivity index (χ4n) is 1.58. The van der Waals surface area contributed by atoms with E-state index in [1.165, 1.54) is 0 Å². The predicted octanol–water partition coefficient (Wildman–Crippen LogP) is 1.42. The van der Waals surface area contributed by atoms with Crippen molar-refractivity contribution in [2.75, 3.05) is 5.32 Å². The Bertz CT molecular complexity index is 735. The van der Waals surface area contributed by atoms with Gasteiger partial charge in [-0.15, -0.1) is 0 Å². The van der Waals surface area contributed by atoms with E-state index >= 15 is 0 Å². The summed E-state index contributed by atoms with van der Waals surface area (Å²) in [4.78, 5) is 26.4. The second-order valence-corrected chi connectivity index (χ2v) is 4.06. The number of amides is 2. The number of carbonyl (C=O) groups excluding carboxylic acids is 2. The van der Waals surface area contributed by atoms with Crippen molar-refractivity contribution in [1.82, 2.24) is 4.98 Å². The Morgan fingerprint density at radius 3 is 2.48 bits per heavy atom. The molecule has 2 amide bonds. The molecular weight excluding hydrogens is 284 g/mol. The van der Waals surface area contributed by atoms with Crippen molar-refractivity contribution in [2.24, 2.45) is 5.73 Å². The highest BCUT2D eigenvalue weighted by molar-refractivity contribution is 6.05. The molecule has 0 saturated heterocycles. The average molecular weight is 293 g/mol. The van der Waals surface area contributed by atoms with E-state index in [-0.39, 0.29) is 11.3 Å². The second-order valence-electron chi connectivity index (χ2n) is 4.06. The maximum atomic E-state index is 13.6. The zero-order valence-corrected chi connectivity index (χ0v) is 10.4. The highest BCUT2D eigenvalue weighted by Gasteiger charge is 2.16. The predicted molar refractivity (Wildman–Crippen MR) is 68.7 cm³/mol. The van der Waals surface area contributed by atoms with E-state index in [2.05, 4.69) is 10.3 Å². The molecule has 108 valence electrons. The van der Waals surface area contributed by atoms with Crippen molar-refractivity contribution >= 4 is 17.5 Å². The van der Waals surface area contributed by atoms with Gasteiger partial charge in [0.25, 0.3) is 11.8 Å². The topological polar surface area (TPSA) is 105 Å². The van der Waals surface area contributed by atoms with Crippen LogP contribution in [-0.2, 0) is 0 Å². The van der Waals surface area contributed by atoms with Crippen LogP contribution in [0.15, 0.2) is 30.6 Å². The van der Waals surface area contributed by atoms with Gasteiger partial charge in [0.15, 0.2) is 0 Å². The number of benzene rings is 1. The molecule has 21 heavy (non-hydrogen) atoms. The molecule has 8 heteroatoms. The third-order valence-corrected chi connectivity index (χ3v) is 2.56. The van der Waals surface area contributed by atoms with Crippen molar-refractivity contribution in [3.8, 4) is 5.75 Å². The van der Waals surface area contributed by atoms with E-state index in [0.717, 1.165) is 24.5 Å². The van der Waals surface area contributed by atoms with Crippen LogP contribution in [0.25, 0.3) is 0 Å². The van der Waals surface area contributed by atoms with E-state index in [0.29, 0.717) is 6.07 Å². The van der Waals surface area contributed by atoms with E-state index in [4.69, 9.17) is 5.73 Å². The number of hydrogen-bond donors (Lipinski definition) is 3. The van der Waals surface area contributed by atoms with Crippen LogP contribution in [0, 0.1) is 11.6 Å². The van der Waals surface area contributed by atoms with Gasteiger partial charge in [0.05, 0.1) is 23.0 Å². The monoisotopic (exact) mass is 293 g/mol. The minimum atomic E-state index is -1.13. The number of nitrogens with zero attached hydrogens (tertiary/aromatic N) is 1. The van der Waals surface area contributed by atoms with Crippen molar-refractivity contribution in [2.45, 2.75) is 0 Å². The molecule has 0 fully saturated rings. The van der Waals surface area contributed by atoms with Crippen molar-refractivity contribution in [3.05, 3.63) is 53.4 Å².